The molecule has 1 aromatic carbocycles. The third-order valence-corrected chi connectivity index (χ3v) is 3.93. The van der Waals surface area contributed by atoms with E-state index in [1.807, 2.05) is 0 Å². The summed E-state index contributed by atoms with van der Waals surface area (Å²) in [5.74, 6) is 1.05. The molecule has 1 N–H and O–H groups in total. The van der Waals surface area contributed by atoms with Gasteiger partial charge in [-0.1, -0.05) is 6.07 Å². The van der Waals surface area contributed by atoms with Crippen molar-refractivity contribution < 1.29 is 4.74 Å². The summed E-state index contributed by atoms with van der Waals surface area (Å²) >= 11 is 0. The first-order chi connectivity index (χ1) is 8.42. The lowest BCUT2D eigenvalue weighted by Gasteiger charge is -2.18. The summed E-state index contributed by atoms with van der Waals surface area (Å²) in [6, 6.07) is 7.21. The van der Waals surface area contributed by atoms with Crippen LogP contribution < -0.4 is 10.1 Å². The van der Waals surface area contributed by atoms with Crippen molar-refractivity contribution in [2.24, 2.45) is 0 Å². The number of ether oxygens (including phenoxy) is 1. The number of hydrogen-bond acceptors (Lipinski definition) is 2. The van der Waals surface area contributed by atoms with Gasteiger partial charge in [-0.2, -0.15) is 0 Å². The van der Waals surface area contributed by atoms with Crippen LogP contribution >= 0.6 is 0 Å². The molecule has 0 radical (unpaired) electrons. The zero-order valence-corrected chi connectivity index (χ0v) is 10.4. The lowest BCUT2D eigenvalue weighted by atomic mass is 9.92. The highest BCUT2D eigenvalue weighted by atomic mass is 16.5. The van der Waals surface area contributed by atoms with E-state index in [9.17, 15) is 0 Å². The molecule has 2 nitrogen and oxygen atoms in total. The van der Waals surface area contributed by atoms with Gasteiger partial charge in [0.05, 0.1) is 0 Å². The summed E-state index contributed by atoms with van der Waals surface area (Å²) in [5, 5.41) is 3.46. The molecule has 1 aliphatic heterocycles. The van der Waals surface area contributed by atoms with E-state index in [0.717, 1.165) is 18.9 Å². The highest BCUT2D eigenvalue weighted by Gasteiger charge is 2.15. The summed E-state index contributed by atoms with van der Waals surface area (Å²) in [7, 11) is 0. The molecule has 1 atom stereocenters. The van der Waals surface area contributed by atoms with Gasteiger partial charge in [-0.15, -0.1) is 0 Å². The minimum absolute atomic E-state index is 0.561. The van der Waals surface area contributed by atoms with Crippen LogP contribution in [0, 0.1) is 0 Å². The van der Waals surface area contributed by atoms with E-state index in [2.05, 4.69) is 23.5 Å². The molecule has 1 heterocycles. The van der Waals surface area contributed by atoms with Crippen LogP contribution in [0.2, 0.25) is 0 Å². The van der Waals surface area contributed by atoms with Gasteiger partial charge in [-0.3, -0.25) is 0 Å². The summed E-state index contributed by atoms with van der Waals surface area (Å²) in [6.45, 7) is 1.97. The topological polar surface area (TPSA) is 21.3 Å². The van der Waals surface area contributed by atoms with Crippen LogP contribution in [0.25, 0.3) is 0 Å². The van der Waals surface area contributed by atoms with Gasteiger partial charge in [0.15, 0.2) is 0 Å². The first-order valence-electron chi connectivity index (χ1n) is 6.90. The Hall–Kier alpha value is -1.02. The fraction of sp³-hybridized carbons (Fsp3) is 0.600. The van der Waals surface area contributed by atoms with E-state index in [1.54, 1.807) is 0 Å². The molecule has 0 bridgehead atoms. The second kappa shape index (κ2) is 5.09. The van der Waals surface area contributed by atoms with Gasteiger partial charge in [0.2, 0.25) is 0 Å². The summed E-state index contributed by atoms with van der Waals surface area (Å²) in [4.78, 5) is 0. The van der Waals surface area contributed by atoms with Gasteiger partial charge >= 0.3 is 0 Å². The largest absolute Gasteiger partial charge is 0.492 e. The van der Waals surface area contributed by atoms with Gasteiger partial charge in [-0.05, 0) is 68.3 Å². The lowest BCUT2D eigenvalue weighted by molar-refractivity contribution is 0.277. The molecular weight excluding hydrogens is 210 g/mol. The molecule has 17 heavy (non-hydrogen) atoms. The lowest BCUT2D eigenvalue weighted by Crippen LogP contribution is -2.28. The zero-order valence-electron chi connectivity index (χ0n) is 10.4. The summed E-state index contributed by atoms with van der Waals surface area (Å²) in [6.07, 6.45) is 7.71. The second-order valence-electron chi connectivity index (χ2n) is 5.24. The molecule has 0 aromatic heterocycles. The highest BCUT2D eigenvalue weighted by Crippen LogP contribution is 2.25. The SMILES string of the molecule is c1cc2c(cc1OC[C@H]1CCCN1)CCCC2. The number of nitrogens with one attached hydrogen (secondary N) is 1. The summed E-state index contributed by atoms with van der Waals surface area (Å²) in [5.41, 5.74) is 3.04. The molecule has 0 amide bonds. The van der Waals surface area contributed by atoms with Crippen molar-refractivity contribution in [2.75, 3.05) is 13.2 Å². The van der Waals surface area contributed by atoms with E-state index >= 15 is 0 Å². The molecule has 1 aliphatic carbocycles. The zero-order chi connectivity index (χ0) is 11.5. The van der Waals surface area contributed by atoms with E-state index in [-0.39, 0.29) is 0 Å². The fourth-order valence-electron chi connectivity index (χ4n) is 2.90. The Morgan fingerprint density at radius 2 is 2.00 bits per heavy atom. The Bertz CT molecular complexity index is 383. The van der Waals surface area contributed by atoms with Crippen LogP contribution in [-0.4, -0.2) is 19.2 Å². The quantitative estimate of drug-likeness (QED) is 0.863. The van der Waals surface area contributed by atoms with Gasteiger partial charge < -0.3 is 10.1 Å². The molecule has 0 spiro atoms. The molecule has 3 rings (SSSR count). The van der Waals surface area contributed by atoms with E-state index in [4.69, 9.17) is 4.74 Å². The van der Waals surface area contributed by atoms with Crippen molar-refractivity contribution in [1.82, 2.24) is 5.32 Å². The Morgan fingerprint density at radius 1 is 1.12 bits per heavy atom. The molecule has 1 fully saturated rings. The predicted octanol–water partition coefficient (Wildman–Crippen LogP) is 2.70. The standard InChI is InChI=1S/C15H21NO/c1-2-5-13-10-15(8-7-12(13)4-1)17-11-14-6-3-9-16-14/h7-8,10,14,16H,1-6,9,11H2/t14-/m1/s1. The maximum Gasteiger partial charge on any atom is 0.119 e. The fourth-order valence-corrected chi connectivity index (χ4v) is 2.90. The van der Waals surface area contributed by atoms with Crippen molar-refractivity contribution in [3.8, 4) is 5.75 Å². The molecule has 1 aromatic rings. The molecule has 2 heteroatoms. The number of fused-ring (bicyclic) bond motifs is 1. The van der Waals surface area contributed by atoms with Crippen molar-refractivity contribution in [2.45, 2.75) is 44.6 Å². The normalized spacial score (nSPS) is 23.4. The van der Waals surface area contributed by atoms with Crippen LogP contribution in [0.3, 0.4) is 0 Å². The minimum Gasteiger partial charge on any atom is -0.492 e. The Labute approximate surface area is 103 Å². The van der Waals surface area contributed by atoms with Crippen molar-refractivity contribution >= 4 is 0 Å². The number of hydrogen-bond donors (Lipinski definition) is 1. The van der Waals surface area contributed by atoms with Crippen LogP contribution in [-0.2, 0) is 12.8 Å². The van der Waals surface area contributed by atoms with E-state index in [1.165, 1.54) is 49.7 Å². The molecule has 2 aliphatic rings. The van der Waals surface area contributed by atoms with Crippen molar-refractivity contribution in [3.05, 3.63) is 29.3 Å². The Balaban J connectivity index is 1.62. The van der Waals surface area contributed by atoms with Gasteiger partial charge in [-0.25, -0.2) is 0 Å². The van der Waals surface area contributed by atoms with Crippen LogP contribution in [0.5, 0.6) is 5.75 Å². The predicted molar refractivity (Wildman–Crippen MR) is 69.6 cm³/mol. The molecule has 0 unspecified atom stereocenters. The van der Waals surface area contributed by atoms with Crippen molar-refractivity contribution in [1.29, 1.82) is 0 Å². The number of benzene rings is 1. The maximum atomic E-state index is 5.89. The van der Waals surface area contributed by atoms with E-state index < -0.39 is 0 Å². The first kappa shape index (κ1) is 11.1. The monoisotopic (exact) mass is 231 g/mol. The van der Waals surface area contributed by atoms with Gasteiger partial charge in [0.1, 0.15) is 12.4 Å². The Kier molecular flexibility index (Phi) is 3.32. The molecular formula is C15H21NO. The summed E-state index contributed by atoms with van der Waals surface area (Å²) < 4.78 is 5.89. The van der Waals surface area contributed by atoms with Crippen molar-refractivity contribution in [3.63, 3.8) is 0 Å². The molecule has 92 valence electrons. The van der Waals surface area contributed by atoms with Crippen LogP contribution in [0.4, 0.5) is 0 Å². The Morgan fingerprint density at radius 3 is 2.82 bits per heavy atom. The van der Waals surface area contributed by atoms with Gasteiger partial charge in [0.25, 0.3) is 0 Å². The number of aryl methyl sites for hydroxylation is 2. The smallest absolute Gasteiger partial charge is 0.119 e. The van der Waals surface area contributed by atoms with E-state index in [0.29, 0.717) is 6.04 Å². The minimum atomic E-state index is 0.561. The average Bonchev–Trinajstić information content (AvgIpc) is 2.89. The molecule has 0 saturated carbocycles. The van der Waals surface area contributed by atoms with Gasteiger partial charge in [0, 0.05) is 6.04 Å². The number of rotatable bonds is 3. The maximum absolute atomic E-state index is 5.89. The third kappa shape index (κ3) is 2.63. The van der Waals surface area contributed by atoms with Crippen LogP contribution in [0.1, 0.15) is 36.8 Å². The average molecular weight is 231 g/mol. The van der Waals surface area contributed by atoms with Crippen LogP contribution in [0.15, 0.2) is 18.2 Å². The third-order valence-electron chi connectivity index (χ3n) is 3.93. The first-order valence-corrected chi connectivity index (χ1v) is 6.90. The highest BCUT2D eigenvalue weighted by molar-refractivity contribution is 5.37. The molecule has 1 saturated heterocycles. The second-order valence-corrected chi connectivity index (χ2v) is 5.24.